The van der Waals surface area contributed by atoms with Gasteiger partial charge in [0.2, 0.25) is 0 Å². The second-order valence-corrected chi connectivity index (χ2v) is 6.14. The lowest BCUT2D eigenvalue weighted by molar-refractivity contribution is -0.130. The number of hydrogen-bond acceptors (Lipinski definition) is 4. The molecule has 1 N–H and O–H groups in total. The molecule has 0 radical (unpaired) electrons. The minimum Gasteiger partial charge on any atom is -0.497 e. The predicted molar refractivity (Wildman–Crippen MR) is 112 cm³/mol. The van der Waals surface area contributed by atoms with Crippen LogP contribution in [-0.4, -0.2) is 31.4 Å². The fourth-order valence-electron chi connectivity index (χ4n) is 2.76. The Morgan fingerprint density at radius 3 is 2.17 bits per heavy atom. The van der Waals surface area contributed by atoms with Crippen molar-refractivity contribution in [3.8, 4) is 17.2 Å². The lowest BCUT2D eigenvalue weighted by Gasteiger charge is -2.13. The molecule has 0 aromatic heterocycles. The quantitative estimate of drug-likeness (QED) is 0.324. The second kappa shape index (κ2) is 9.99. The maximum atomic E-state index is 11.8. The van der Waals surface area contributed by atoms with E-state index in [1.807, 2.05) is 36.4 Å². The molecule has 0 saturated heterocycles. The first kappa shape index (κ1) is 20.0. The number of para-hydroxylation sites is 1. The Balaban J connectivity index is 1.80. The Kier molecular flexibility index (Phi) is 6.90. The number of aliphatic carboxylic acids is 1. The number of ether oxygens (including phenoxy) is 3. The lowest BCUT2D eigenvalue weighted by atomic mass is 10.0. The summed E-state index contributed by atoms with van der Waals surface area (Å²) in [7, 11) is 1.57. The first-order valence-corrected chi connectivity index (χ1v) is 9.16. The highest BCUT2D eigenvalue weighted by atomic mass is 16.5. The molecule has 3 aromatic rings. The van der Waals surface area contributed by atoms with Gasteiger partial charge in [-0.3, -0.25) is 0 Å². The highest BCUT2D eigenvalue weighted by Gasteiger charge is 2.13. The van der Waals surface area contributed by atoms with Crippen molar-refractivity contribution in [1.82, 2.24) is 0 Å². The molecular weight excluding hydrogens is 368 g/mol. The van der Waals surface area contributed by atoms with Crippen molar-refractivity contribution >= 4 is 17.6 Å². The topological polar surface area (TPSA) is 65.0 Å². The number of carboxylic acid groups (broad SMARTS) is 1. The summed E-state index contributed by atoms with van der Waals surface area (Å²) in [5, 5.41) is 9.67. The monoisotopic (exact) mass is 390 g/mol. The SMILES string of the molecule is COc1ccc(/C=C(\C(=O)O)c2ccccc2)c(OCCOc2ccccc2)c1. The molecule has 0 aliphatic rings. The van der Waals surface area contributed by atoms with Crippen molar-refractivity contribution in [3.05, 3.63) is 90.0 Å². The van der Waals surface area contributed by atoms with Crippen LogP contribution >= 0.6 is 0 Å². The Labute approximate surface area is 169 Å². The maximum absolute atomic E-state index is 11.8. The van der Waals surface area contributed by atoms with Crippen LogP contribution in [0.3, 0.4) is 0 Å². The van der Waals surface area contributed by atoms with Crippen LogP contribution in [0, 0.1) is 0 Å². The zero-order valence-corrected chi connectivity index (χ0v) is 16.1. The van der Waals surface area contributed by atoms with Gasteiger partial charge in [-0.25, -0.2) is 4.79 Å². The minimum absolute atomic E-state index is 0.182. The van der Waals surface area contributed by atoms with Gasteiger partial charge in [0.15, 0.2) is 0 Å². The molecule has 0 saturated carbocycles. The predicted octanol–water partition coefficient (Wildman–Crippen LogP) is 4.78. The Morgan fingerprint density at radius 1 is 0.862 bits per heavy atom. The number of benzene rings is 3. The zero-order valence-electron chi connectivity index (χ0n) is 16.1. The normalized spacial score (nSPS) is 11.0. The van der Waals surface area contributed by atoms with E-state index in [0.29, 0.717) is 35.8 Å². The van der Waals surface area contributed by atoms with Crippen molar-refractivity contribution in [2.75, 3.05) is 20.3 Å². The molecule has 148 valence electrons. The number of rotatable bonds is 9. The van der Waals surface area contributed by atoms with Crippen LogP contribution in [0.5, 0.6) is 17.2 Å². The van der Waals surface area contributed by atoms with E-state index < -0.39 is 5.97 Å². The molecule has 0 bridgehead atoms. The zero-order chi connectivity index (χ0) is 20.5. The van der Waals surface area contributed by atoms with Crippen molar-refractivity contribution in [2.24, 2.45) is 0 Å². The third kappa shape index (κ3) is 5.62. The van der Waals surface area contributed by atoms with E-state index in [1.165, 1.54) is 0 Å². The Morgan fingerprint density at radius 2 is 1.52 bits per heavy atom. The molecule has 0 unspecified atom stereocenters. The average molecular weight is 390 g/mol. The molecule has 0 fully saturated rings. The molecule has 5 heteroatoms. The van der Waals surface area contributed by atoms with Gasteiger partial charge >= 0.3 is 5.97 Å². The van der Waals surface area contributed by atoms with E-state index in [2.05, 4.69) is 0 Å². The van der Waals surface area contributed by atoms with Gasteiger partial charge in [0, 0.05) is 11.6 Å². The van der Waals surface area contributed by atoms with E-state index >= 15 is 0 Å². The van der Waals surface area contributed by atoms with E-state index in [4.69, 9.17) is 14.2 Å². The van der Waals surface area contributed by atoms with Crippen LogP contribution in [0.2, 0.25) is 0 Å². The molecule has 29 heavy (non-hydrogen) atoms. The van der Waals surface area contributed by atoms with Crippen molar-refractivity contribution in [2.45, 2.75) is 0 Å². The molecule has 0 atom stereocenters. The first-order valence-electron chi connectivity index (χ1n) is 9.16. The summed E-state index contributed by atoms with van der Waals surface area (Å²) in [5.74, 6) is 0.901. The van der Waals surface area contributed by atoms with Gasteiger partial charge in [-0.15, -0.1) is 0 Å². The van der Waals surface area contributed by atoms with Gasteiger partial charge in [0.1, 0.15) is 30.5 Å². The molecule has 0 amide bonds. The van der Waals surface area contributed by atoms with E-state index in [1.54, 1.807) is 55.7 Å². The molecule has 3 aromatic carbocycles. The summed E-state index contributed by atoms with van der Waals surface area (Å²) in [6.45, 7) is 0.658. The summed E-state index contributed by atoms with van der Waals surface area (Å²) in [5.41, 5.74) is 1.45. The van der Waals surface area contributed by atoms with Gasteiger partial charge in [-0.05, 0) is 35.9 Å². The van der Waals surface area contributed by atoms with Crippen LogP contribution in [0.4, 0.5) is 0 Å². The van der Waals surface area contributed by atoms with Crippen LogP contribution in [-0.2, 0) is 4.79 Å². The third-order valence-electron chi connectivity index (χ3n) is 4.19. The van der Waals surface area contributed by atoms with Crippen LogP contribution in [0.25, 0.3) is 11.6 Å². The van der Waals surface area contributed by atoms with Gasteiger partial charge in [-0.2, -0.15) is 0 Å². The number of hydrogen-bond donors (Lipinski definition) is 1. The lowest BCUT2D eigenvalue weighted by Crippen LogP contribution is -2.09. The van der Waals surface area contributed by atoms with E-state index in [0.717, 1.165) is 5.75 Å². The van der Waals surface area contributed by atoms with Gasteiger partial charge in [0.05, 0.1) is 12.7 Å². The Bertz CT molecular complexity index is 965. The summed E-state index contributed by atoms with van der Waals surface area (Å²) >= 11 is 0. The number of carbonyl (C=O) groups is 1. The highest BCUT2D eigenvalue weighted by Crippen LogP contribution is 2.29. The smallest absolute Gasteiger partial charge is 0.336 e. The molecule has 0 aliphatic heterocycles. The van der Waals surface area contributed by atoms with E-state index in [9.17, 15) is 9.90 Å². The van der Waals surface area contributed by atoms with Crippen LogP contribution < -0.4 is 14.2 Å². The summed E-state index contributed by atoms with van der Waals surface area (Å²) < 4.78 is 16.8. The maximum Gasteiger partial charge on any atom is 0.336 e. The van der Waals surface area contributed by atoms with E-state index in [-0.39, 0.29) is 5.57 Å². The fraction of sp³-hybridized carbons (Fsp3) is 0.125. The van der Waals surface area contributed by atoms with Crippen molar-refractivity contribution in [3.63, 3.8) is 0 Å². The third-order valence-corrected chi connectivity index (χ3v) is 4.19. The Hall–Kier alpha value is -3.73. The highest BCUT2D eigenvalue weighted by molar-refractivity contribution is 6.20. The van der Waals surface area contributed by atoms with Crippen LogP contribution in [0.1, 0.15) is 11.1 Å². The number of methoxy groups -OCH3 is 1. The summed E-state index contributed by atoms with van der Waals surface area (Å²) in [6, 6.07) is 23.7. The summed E-state index contributed by atoms with van der Waals surface area (Å²) in [6.07, 6.45) is 1.60. The molecule has 0 heterocycles. The average Bonchev–Trinajstić information content (AvgIpc) is 2.76. The summed E-state index contributed by atoms with van der Waals surface area (Å²) in [4.78, 5) is 11.8. The largest absolute Gasteiger partial charge is 0.497 e. The van der Waals surface area contributed by atoms with Crippen molar-refractivity contribution < 1.29 is 24.1 Å². The fourth-order valence-corrected chi connectivity index (χ4v) is 2.76. The standard InChI is InChI=1S/C24H22O5/c1-27-21-13-12-19(16-22(24(25)26)18-8-4-2-5-9-18)23(17-21)29-15-14-28-20-10-6-3-7-11-20/h2-13,16-17H,14-15H2,1H3,(H,25,26)/b22-16-. The van der Waals surface area contributed by atoms with Gasteiger partial charge in [0.25, 0.3) is 0 Å². The molecule has 5 nitrogen and oxygen atoms in total. The number of carboxylic acids is 1. The minimum atomic E-state index is -1.01. The van der Waals surface area contributed by atoms with Gasteiger partial charge in [-0.1, -0.05) is 48.5 Å². The molecule has 3 rings (SSSR count). The molecule has 0 spiro atoms. The van der Waals surface area contributed by atoms with Crippen LogP contribution in [0.15, 0.2) is 78.9 Å². The second-order valence-electron chi connectivity index (χ2n) is 6.14. The molecule has 0 aliphatic carbocycles. The first-order chi connectivity index (χ1) is 14.2. The molecular formula is C24H22O5. The van der Waals surface area contributed by atoms with Gasteiger partial charge < -0.3 is 19.3 Å². The van der Waals surface area contributed by atoms with Crippen molar-refractivity contribution in [1.29, 1.82) is 0 Å².